The molecule has 124 valence electrons. The second-order valence-corrected chi connectivity index (χ2v) is 6.38. The Labute approximate surface area is 142 Å². The number of amides is 1. The number of thiophene rings is 1. The van der Waals surface area contributed by atoms with E-state index in [4.69, 9.17) is 23.1 Å². The lowest BCUT2D eigenvalue weighted by Gasteiger charge is -2.11. The first-order chi connectivity index (χ1) is 11.2. The van der Waals surface area contributed by atoms with E-state index in [0.29, 0.717) is 10.6 Å². The summed E-state index contributed by atoms with van der Waals surface area (Å²) in [4.78, 5) is 15.4. The Balaban J connectivity index is 2.34. The minimum atomic E-state index is -4.66. The van der Waals surface area contributed by atoms with Gasteiger partial charge in [0.15, 0.2) is 0 Å². The van der Waals surface area contributed by atoms with Crippen LogP contribution in [0.3, 0.4) is 0 Å². The van der Waals surface area contributed by atoms with Crippen molar-refractivity contribution in [2.45, 2.75) is 6.18 Å². The Bertz CT molecular complexity index is 951. The molecule has 24 heavy (non-hydrogen) atoms. The second kappa shape index (κ2) is 5.64. The van der Waals surface area contributed by atoms with E-state index in [1.54, 1.807) is 24.3 Å². The minimum Gasteiger partial charge on any atom is -0.397 e. The molecule has 0 aliphatic rings. The number of anilines is 1. The van der Waals surface area contributed by atoms with Crippen LogP contribution in [0, 0.1) is 0 Å². The lowest BCUT2D eigenvalue weighted by molar-refractivity contribution is -0.136. The highest BCUT2D eigenvalue weighted by Gasteiger charge is 2.36. The molecule has 0 saturated heterocycles. The summed E-state index contributed by atoms with van der Waals surface area (Å²) in [6.45, 7) is 0. The Hall–Kier alpha value is -2.32. The Morgan fingerprint density at radius 3 is 2.38 bits per heavy atom. The van der Waals surface area contributed by atoms with Gasteiger partial charge in [-0.05, 0) is 18.2 Å². The van der Waals surface area contributed by atoms with Crippen molar-refractivity contribution in [2.75, 3.05) is 5.73 Å². The van der Waals surface area contributed by atoms with Crippen LogP contribution in [0.5, 0.6) is 0 Å². The summed E-state index contributed by atoms with van der Waals surface area (Å²) in [6, 6.07) is 7.12. The number of benzene rings is 1. The standard InChI is InChI=1S/C15H9ClF3N3OS/c16-7-3-1-6(2-4-7)9-5-8(15(17,18)19)10-11(20)12(13(21)23)24-14(10)22-9/h1-5H,20H2,(H2,21,23). The fourth-order valence-corrected chi connectivity index (χ4v) is 3.39. The number of aromatic nitrogens is 1. The van der Waals surface area contributed by atoms with Crippen LogP contribution >= 0.6 is 22.9 Å². The van der Waals surface area contributed by atoms with Gasteiger partial charge in [0.2, 0.25) is 0 Å². The number of rotatable bonds is 2. The Kier molecular flexibility index (Phi) is 3.89. The lowest BCUT2D eigenvalue weighted by Crippen LogP contribution is -2.11. The van der Waals surface area contributed by atoms with E-state index in [-0.39, 0.29) is 26.5 Å². The molecule has 3 rings (SSSR count). The molecule has 0 aliphatic carbocycles. The summed E-state index contributed by atoms with van der Waals surface area (Å²) >= 11 is 6.53. The smallest absolute Gasteiger partial charge is 0.397 e. The van der Waals surface area contributed by atoms with Crippen molar-refractivity contribution in [1.82, 2.24) is 4.98 Å². The number of halogens is 4. The number of alkyl halides is 3. The summed E-state index contributed by atoms with van der Waals surface area (Å²) in [7, 11) is 0. The third kappa shape index (κ3) is 2.78. The van der Waals surface area contributed by atoms with E-state index in [0.717, 1.165) is 17.4 Å². The Morgan fingerprint density at radius 1 is 1.21 bits per heavy atom. The van der Waals surface area contributed by atoms with Gasteiger partial charge in [-0.3, -0.25) is 4.79 Å². The van der Waals surface area contributed by atoms with Gasteiger partial charge in [-0.25, -0.2) is 4.98 Å². The van der Waals surface area contributed by atoms with Gasteiger partial charge < -0.3 is 11.5 Å². The van der Waals surface area contributed by atoms with Gasteiger partial charge in [0.25, 0.3) is 5.91 Å². The molecular formula is C15H9ClF3N3OS. The zero-order chi connectivity index (χ0) is 17.6. The predicted octanol–water partition coefficient (Wildman–Crippen LogP) is 4.32. The van der Waals surface area contributed by atoms with E-state index >= 15 is 0 Å². The van der Waals surface area contributed by atoms with Gasteiger partial charge in [0.05, 0.1) is 16.9 Å². The molecule has 0 atom stereocenters. The average Bonchev–Trinajstić information content (AvgIpc) is 2.83. The maximum absolute atomic E-state index is 13.5. The summed E-state index contributed by atoms with van der Waals surface area (Å²) < 4.78 is 40.4. The van der Waals surface area contributed by atoms with Gasteiger partial charge in [-0.15, -0.1) is 11.3 Å². The highest BCUT2D eigenvalue weighted by Crippen LogP contribution is 2.43. The van der Waals surface area contributed by atoms with E-state index in [9.17, 15) is 18.0 Å². The van der Waals surface area contributed by atoms with Gasteiger partial charge in [0.1, 0.15) is 9.71 Å². The van der Waals surface area contributed by atoms with E-state index < -0.39 is 17.6 Å². The molecule has 9 heteroatoms. The molecule has 0 spiro atoms. The highest BCUT2D eigenvalue weighted by atomic mass is 35.5. The third-order valence-corrected chi connectivity index (χ3v) is 4.73. The first kappa shape index (κ1) is 16.5. The molecule has 4 N–H and O–H groups in total. The first-order valence-electron chi connectivity index (χ1n) is 6.54. The van der Waals surface area contributed by atoms with Crippen molar-refractivity contribution < 1.29 is 18.0 Å². The van der Waals surface area contributed by atoms with Crippen LogP contribution in [0.2, 0.25) is 5.02 Å². The number of primary amides is 1. The van der Waals surface area contributed by atoms with Crippen LogP contribution in [0.1, 0.15) is 15.2 Å². The maximum Gasteiger partial charge on any atom is 0.417 e. The third-order valence-electron chi connectivity index (χ3n) is 3.37. The number of carbonyl (C=O) groups excluding carboxylic acids is 1. The molecule has 0 aliphatic heterocycles. The monoisotopic (exact) mass is 371 g/mol. The number of hydrogen-bond donors (Lipinski definition) is 2. The van der Waals surface area contributed by atoms with Gasteiger partial charge >= 0.3 is 6.18 Å². The molecule has 2 aromatic heterocycles. The Morgan fingerprint density at radius 2 is 1.83 bits per heavy atom. The quantitative estimate of drug-likeness (QED) is 0.704. The summed E-state index contributed by atoms with van der Waals surface area (Å²) in [5, 5.41) is 0.145. The summed E-state index contributed by atoms with van der Waals surface area (Å²) in [5.41, 5.74) is 10.2. The first-order valence-corrected chi connectivity index (χ1v) is 7.74. The molecule has 3 aromatic rings. The van der Waals surface area contributed by atoms with E-state index in [1.807, 2.05) is 0 Å². The molecule has 2 heterocycles. The van der Waals surface area contributed by atoms with Crippen molar-refractivity contribution in [1.29, 1.82) is 0 Å². The number of nitrogens with zero attached hydrogens (tertiary/aromatic N) is 1. The summed E-state index contributed by atoms with van der Waals surface area (Å²) in [5.74, 6) is -0.892. The molecule has 0 radical (unpaired) electrons. The molecule has 0 fully saturated rings. The predicted molar refractivity (Wildman–Crippen MR) is 88.0 cm³/mol. The van der Waals surface area contributed by atoms with Crippen LogP contribution in [0.4, 0.5) is 18.9 Å². The fourth-order valence-electron chi connectivity index (χ4n) is 2.30. The van der Waals surface area contributed by atoms with Gasteiger partial charge in [0, 0.05) is 16.0 Å². The molecule has 1 aromatic carbocycles. The van der Waals surface area contributed by atoms with E-state index in [1.165, 1.54) is 0 Å². The minimum absolute atomic E-state index is 0.000995. The number of nitrogen functional groups attached to an aromatic ring is 1. The van der Waals surface area contributed by atoms with Crippen molar-refractivity contribution in [2.24, 2.45) is 5.73 Å². The van der Waals surface area contributed by atoms with Crippen LogP contribution in [0.15, 0.2) is 30.3 Å². The number of hydrogen-bond acceptors (Lipinski definition) is 4. The zero-order valence-electron chi connectivity index (χ0n) is 11.8. The van der Waals surface area contributed by atoms with Crippen LogP contribution in [-0.2, 0) is 6.18 Å². The van der Waals surface area contributed by atoms with Crippen molar-refractivity contribution >= 4 is 44.7 Å². The van der Waals surface area contributed by atoms with Crippen LogP contribution in [-0.4, -0.2) is 10.9 Å². The normalized spacial score (nSPS) is 11.8. The number of pyridine rings is 1. The average molecular weight is 372 g/mol. The molecule has 1 amide bonds. The fraction of sp³-hybridized carbons (Fsp3) is 0.0667. The van der Waals surface area contributed by atoms with E-state index in [2.05, 4.69) is 4.98 Å². The largest absolute Gasteiger partial charge is 0.417 e. The molecule has 4 nitrogen and oxygen atoms in total. The van der Waals surface area contributed by atoms with Crippen molar-refractivity contribution in [3.05, 3.63) is 45.8 Å². The summed E-state index contributed by atoms with van der Waals surface area (Å²) in [6.07, 6.45) is -4.66. The molecule has 0 unspecified atom stereocenters. The van der Waals surface area contributed by atoms with Crippen LogP contribution < -0.4 is 11.5 Å². The van der Waals surface area contributed by atoms with Gasteiger partial charge in [-0.1, -0.05) is 23.7 Å². The second-order valence-electron chi connectivity index (χ2n) is 4.95. The van der Waals surface area contributed by atoms with Crippen molar-refractivity contribution in [3.63, 3.8) is 0 Å². The maximum atomic E-state index is 13.5. The molecule has 0 bridgehead atoms. The molecular weight excluding hydrogens is 363 g/mol. The van der Waals surface area contributed by atoms with Gasteiger partial charge in [-0.2, -0.15) is 13.2 Å². The highest BCUT2D eigenvalue weighted by molar-refractivity contribution is 7.21. The lowest BCUT2D eigenvalue weighted by atomic mass is 10.1. The zero-order valence-corrected chi connectivity index (χ0v) is 13.4. The van der Waals surface area contributed by atoms with Crippen molar-refractivity contribution in [3.8, 4) is 11.3 Å². The number of carbonyl (C=O) groups is 1. The molecule has 0 saturated carbocycles. The van der Waals surface area contributed by atoms with Crippen LogP contribution in [0.25, 0.3) is 21.5 Å². The topological polar surface area (TPSA) is 82.0 Å². The number of fused-ring (bicyclic) bond motifs is 1. The SMILES string of the molecule is NC(=O)c1sc2nc(-c3ccc(Cl)cc3)cc(C(F)(F)F)c2c1N. The number of nitrogens with two attached hydrogens (primary N) is 2.